The van der Waals surface area contributed by atoms with Gasteiger partial charge in [0.25, 0.3) is 0 Å². The van der Waals surface area contributed by atoms with Gasteiger partial charge in [0.15, 0.2) is 0 Å². The monoisotopic (exact) mass is 516 g/mol. The minimum absolute atomic E-state index is 0.0485. The number of para-hydroxylation sites is 1. The third-order valence-corrected chi connectivity index (χ3v) is 8.39. The molecule has 1 aliphatic rings. The quantitative estimate of drug-likeness (QED) is 0.455. The topological polar surface area (TPSA) is 130 Å². The summed E-state index contributed by atoms with van der Waals surface area (Å²) in [5.74, 6) is 1.11. The van der Waals surface area contributed by atoms with Crippen molar-refractivity contribution in [2.24, 2.45) is 0 Å². The van der Waals surface area contributed by atoms with Crippen LogP contribution in [0.15, 0.2) is 30.6 Å². The van der Waals surface area contributed by atoms with E-state index in [1.165, 1.54) is 0 Å². The third-order valence-electron chi connectivity index (χ3n) is 6.53. The summed E-state index contributed by atoms with van der Waals surface area (Å²) in [6.45, 7) is 6.41. The van der Waals surface area contributed by atoms with Gasteiger partial charge < -0.3 is 14.2 Å². The van der Waals surface area contributed by atoms with E-state index in [2.05, 4.69) is 24.9 Å². The van der Waals surface area contributed by atoms with E-state index in [1.807, 2.05) is 13.8 Å². The van der Waals surface area contributed by atoms with Crippen LogP contribution in [0.3, 0.4) is 0 Å². The molecule has 36 heavy (non-hydrogen) atoms. The van der Waals surface area contributed by atoms with Gasteiger partial charge in [-0.1, -0.05) is 13.0 Å². The largest absolute Gasteiger partial charge is 0.494 e. The third kappa shape index (κ3) is 5.14. The Hall–Kier alpha value is -3.25. The number of methoxy groups -OCH3 is 2. The van der Waals surface area contributed by atoms with E-state index in [0.717, 1.165) is 18.5 Å². The molecule has 194 valence electrons. The normalized spacial score (nSPS) is 17.9. The molecule has 3 heterocycles. The van der Waals surface area contributed by atoms with Crippen LogP contribution in [-0.2, 0) is 14.8 Å². The molecule has 1 aromatic carbocycles. The highest BCUT2D eigenvalue weighted by Crippen LogP contribution is 2.38. The lowest BCUT2D eigenvalue weighted by atomic mass is 10.0. The van der Waals surface area contributed by atoms with Crippen molar-refractivity contribution >= 4 is 16.0 Å². The molecular formula is C24H32N6O5S. The maximum Gasteiger partial charge on any atom is 0.243 e. The van der Waals surface area contributed by atoms with E-state index >= 15 is 0 Å². The van der Waals surface area contributed by atoms with Crippen molar-refractivity contribution in [2.45, 2.75) is 50.7 Å². The molecule has 0 bridgehead atoms. The Morgan fingerprint density at radius 1 is 1.11 bits per heavy atom. The lowest BCUT2D eigenvalue weighted by Crippen LogP contribution is -2.31. The maximum absolute atomic E-state index is 13.5. The van der Waals surface area contributed by atoms with E-state index in [1.54, 1.807) is 56.3 Å². The van der Waals surface area contributed by atoms with E-state index in [0.29, 0.717) is 41.9 Å². The SMILES string of the molecule is COc1cccc(OC)c1-n1c(NS(=O)(=O)[C@@H](C)[C@H](C)c2cnc(C)cn2)nnc1[C@@H]1CCCOC1. The maximum atomic E-state index is 13.5. The molecule has 1 N–H and O–H groups in total. The van der Waals surface area contributed by atoms with Gasteiger partial charge in [0.05, 0.1) is 37.5 Å². The van der Waals surface area contributed by atoms with Crippen LogP contribution in [0.5, 0.6) is 11.5 Å². The zero-order valence-electron chi connectivity index (χ0n) is 21.1. The smallest absolute Gasteiger partial charge is 0.243 e. The average Bonchev–Trinajstić information content (AvgIpc) is 3.30. The number of aromatic nitrogens is 5. The van der Waals surface area contributed by atoms with Crippen molar-refractivity contribution in [3.05, 3.63) is 47.8 Å². The summed E-state index contributed by atoms with van der Waals surface area (Å²) >= 11 is 0. The van der Waals surface area contributed by atoms with Gasteiger partial charge in [-0.15, -0.1) is 10.2 Å². The molecule has 0 amide bonds. The van der Waals surface area contributed by atoms with Gasteiger partial charge in [0.2, 0.25) is 16.0 Å². The predicted octanol–water partition coefficient (Wildman–Crippen LogP) is 3.21. The fourth-order valence-corrected chi connectivity index (χ4v) is 5.46. The molecule has 3 atom stereocenters. The minimum atomic E-state index is -3.91. The number of anilines is 1. The Morgan fingerprint density at radius 2 is 1.83 bits per heavy atom. The molecular weight excluding hydrogens is 484 g/mol. The number of rotatable bonds is 9. The molecule has 12 heteroatoms. The lowest BCUT2D eigenvalue weighted by molar-refractivity contribution is 0.0775. The number of sulfonamides is 1. The van der Waals surface area contributed by atoms with Crippen molar-refractivity contribution in [3.8, 4) is 17.2 Å². The number of hydrogen-bond donors (Lipinski definition) is 1. The van der Waals surface area contributed by atoms with Crippen LogP contribution in [-0.4, -0.2) is 65.8 Å². The van der Waals surface area contributed by atoms with E-state index in [4.69, 9.17) is 14.2 Å². The second kappa shape index (κ2) is 10.8. The van der Waals surface area contributed by atoms with Crippen LogP contribution >= 0.6 is 0 Å². The standard InChI is InChI=1S/C24H32N6O5S/c1-15-12-26-19(13-25-15)16(2)17(3)36(31,32)29-24-28-27-23(18-8-7-11-35-14-18)30(24)22-20(33-4)9-6-10-21(22)34-5/h6,9-10,12-13,16-18H,7-8,11,14H2,1-5H3,(H,28,29)/t16-,17-,18+/m0/s1. The van der Waals surface area contributed by atoms with E-state index in [9.17, 15) is 8.42 Å². The summed E-state index contributed by atoms with van der Waals surface area (Å²) < 4.78 is 48.3. The van der Waals surface area contributed by atoms with Crippen molar-refractivity contribution in [2.75, 3.05) is 32.2 Å². The molecule has 0 saturated carbocycles. The number of nitrogens with zero attached hydrogens (tertiary/aromatic N) is 5. The minimum Gasteiger partial charge on any atom is -0.494 e. The lowest BCUT2D eigenvalue weighted by Gasteiger charge is -2.24. The van der Waals surface area contributed by atoms with Gasteiger partial charge in [0, 0.05) is 30.8 Å². The highest BCUT2D eigenvalue weighted by atomic mass is 32.2. The number of benzene rings is 1. The van der Waals surface area contributed by atoms with Crippen LogP contribution in [0.2, 0.25) is 0 Å². The Kier molecular flexibility index (Phi) is 7.74. The number of nitrogens with one attached hydrogen (secondary N) is 1. The van der Waals surface area contributed by atoms with Crippen molar-refractivity contribution in [3.63, 3.8) is 0 Å². The number of hydrogen-bond acceptors (Lipinski definition) is 9. The predicted molar refractivity (Wildman–Crippen MR) is 134 cm³/mol. The first kappa shape index (κ1) is 25.8. The van der Waals surface area contributed by atoms with Crippen molar-refractivity contribution in [1.82, 2.24) is 24.7 Å². The molecule has 0 aliphatic carbocycles. The fourth-order valence-electron chi connectivity index (χ4n) is 4.21. The van der Waals surface area contributed by atoms with Gasteiger partial charge >= 0.3 is 0 Å². The number of aryl methyl sites for hydroxylation is 1. The number of ether oxygens (including phenoxy) is 3. The molecule has 3 aromatic rings. The Bertz CT molecular complexity index is 1270. The summed E-state index contributed by atoms with van der Waals surface area (Å²) in [7, 11) is -0.824. The van der Waals surface area contributed by atoms with Gasteiger partial charge in [-0.2, -0.15) is 0 Å². The van der Waals surface area contributed by atoms with Crippen molar-refractivity contribution < 1.29 is 22.6 Å². The summed E-state index contributed by atoms with van der Waals surface area (Å²) in [6, 6.07) is 5.35. The van der Waals surface area contributed by atoms with Crippen molar-refractivity contribution in [1.29, 1.82) is 0 Å². The van der Waals surface area contributed by atoms with Gasteiger partial charge in [-0.3, -0.25) is 19.3 Å². The van der Waals surface area contributed by atoms with Crippen LogP contribution in [0, 0.1) is 6.92 Å². The van der Waals surface area contributed by atoms with E-state index < -0.39 is 21.2 Å². The highest BCUT2D eigenvalue weighted by molar-refractivity contribution is 7.93. The fraction of sp³-hybridized carbons (Fsp3) is 0.500. The first-order chi connectivity index (χ1) is 17.3. The summed E-state index contributed by atoms with van der Waals surface area (Å²) in [4.78, 5) is 8.61. The molecule has 2 aromatic heterocycles. The first-order valence-corrected chi connectivity index (χ1v) is 13.4. The second-order valence-corrected chi connectivity index (χ2v) is 10.9. The zero-order chi connectivity index (χ0) is 25.9. The summed E-state index contributed by atoms with van der Waals surface area (Å²) in [6.07, 6.45) is 4.94. The molecule has 1 aliphatic heterocycles. The van der Waals surface area contributed by atoms with Gasteiger partial charge in [-0.05, 0) is 38.8 Å². The average molecular weight is 517 g/mol. The Balaban J connectivity index is 1.77. The zero-order valence-corrected chi connectivity index (χ0v) is 21.9. The summed E-state index contributed by atoms with van der Waals surface area (Å²) in [5, 5.41) is 7.82. The molecule has 1 fully saturated rings. The molecule has 11 nitrogen and oxygen atoms in total. The second-order valence-electron chi connectivity index (χ2n) is 8.87. The van der Waals surface area contributed by atoms with Crippen LogP contribution in [0.1, 0.15) is 55.7 Å². The molecule has 0 unspecified atom stereocenters. The summed E-state index contributed by atoms with van der Waals surface area (Å²) in [5.41, 5.74) is 1.86. The molecule has 0 radical (unpaired) electrons. The highest BCUT2D eigenvalue weighted by Gasteiger charge is 2.33. The van der Waals surface area contributed by atoms with Gasteiger partial charge in [0.1, 0.15) is 23.0 Å². The van der Waals surface area contributed by atoms with Crippen LogP contribution in [0.4, 0.5) is 5.95 Å². The van der Waals surface area contributed by atoms with E-state index in [-0.39, 0.29) is 11.9 Å². The molecule has 1 saturated heterocycles. The molecule has 0 spiro atoms. The molecule has 4 rings (SSSR count). The van der Waals surface area contributed by atoms with Crippen LogP contribution in [0.25, 0.3) is 5.69 Å². The Labute approximate surface area is 211 Å². The first-order valence-electron chi connectivity index (χ1n) is 11.8. The van der Waals surface area contributed by atoms with Gasteiger partial charge in [-0.25, -0.2) is 8.42 Å². The Morgan fingerprint density at radius 3 is 2.42 bits per heavy atom. The van der Waals surface area contributed by atoms with Crippen LogP contribution < -0.4 is 14.2 Å².